The van der Waals surface area contributed by atoms with E-state index in [0.717, 1.165) is 38.6 Å². The van der Waals surface area contributed by atoms with E-state index in [9.17, 15) is 9.59 Å². The number of amides is 1. The molecule has 1 aliphatic rings. The number of aromatic amines is 1. The Bertz CT molecular complexity index is 806. The molecule has 1 aromatic carbocycles. The van der Waals surface area contributed by atoms with E-state index >= 15 is 0 Å². The van der Waals surface area contributed by atoms with E-state index in [1.54, 1.807) is 24.3 Å². The normalized spacial score (nSPS) is 14.9. The van der Waals surface area contributed by atoms with Crippen molar-refractivity contribution in [3.8, 4) is 0 Å². The van der Waals surface area contributed by atoms with Gasteiger partial charge in [0.25, 0.3) is 11.5 Å². The molecule has 1 saturated heterocycles. The summed E-state index contributed by atoms with van der Waals surface area (Å²) >= 11 is 1.45. The molecule has 1 amide bonds. The van der Waals surface area contributed by atoms with Gasteiger partial charge in [0.15, 0.2) is 11.0 Å². The van der Waals surface area contributed by atoms with Gasteiger partial charge in [-0.05, 0) is 12.1 Å². The van der Waals surface area contributed by atoms with Gasteiger partial charge in [0, 0.05) is 5.56 Å². The first-order valence-electron chi connectivity index (χ1n) is 8.44. The number of H-pyrrole nitrogens is 1. The number of carbonyl (C=O) groups is 1. The number of nitrogens with two attached hydrogens (primary N) is 1. The maximum absolute atomic E-state index is 12.3. The van der Waals surface area contributed by atoms with E-state index in [1.165, 1.54) is 16.7 Å². The van der Waals surface area contributed by atoms with Crippen molar-refractivity contribution in [2.24, 2.45) is 0 Å². The van der Waals surface area contributed by atoms with Crippen molar-refractivity contribution < 1.29 is 14.4 Å². The Balaban J connectivity index is 1.60. The number of thioether (sulfide) groups is 1. The molecule has 2 heterocycles. The molecule has 2 aromatic rings. The molecular weight excluding hydrogens is 354 g/mol. The number of hydrogen-bond acceptors (Lipinski definition) is 6. The van der Waals surface area contributed by atoms with Crippen molar-refractivity contribution in [1.29, 1.82) is 0 Å². The quantitative estimate of drug-likeness (QED) is 0.403. The highest BCUT2D eigenvalue weighted by atomic mass is 32.2. The molecular formula is C17H22N5O3S+. The zero-order chi connectivity index (χ0) is 18.4. The second-order valence-corrected chi connectivity index (χ2v) is 7.00. The predicted molar refractivity (Wildman–Crippen MR) is 101 cm³/mol. The van der Waals surface area contributed by atoms with E-state index in [2.05, 4.69) is 15.3 Å². The molecule has 0 atom stereocenters. The van der Waals surface area contributed by atoms with E-state index in [1.807, 2.05) is 6.07 Å². The fraction of sp³-hybridized carbons (Fsp3) is 0.353. The van der Waals surface area contributed by atoms with Crippen molar-refractivity contribution in [2.75, 3.05) is 49.7 Å². The monoisotopic (exact) mass is 376 g/mol. The maximum Gasteiger partial charge on any atom is 0.277 e. The Hall–Kier alpha value is -2.36. The van der Waals surface area contributed by atoms with Crippen LogP contribution in [0, 0.1) is 0 Å². The molecule has 138 valence electrons. The zero-order valence-corrected chi connectivity index (χ0v) is 15.1. The summed E-state index contributed by atoms with van der Waals surface area (Å²) in [5.41, 5.74) is 5.84. The second-order valence-electron chi connectivity index (χ2n) is 5.91. The number of benzene rings is 1. The molecule has 1 aromatic heterocycles. The van der Waals surface area contributed by atoms with Crippen LogP contribution in [0.15, 0.2) is 40.3 Å². The summed E-state index contributed by atoms with van der Waals surface area (Å²) in [5, 5.41) is 2.99. The average molecular weight is 376 g/mol. The summed E-state index contributed by atoms with van der Waals surface area (Å²) in [7, 11) is 0. The standard InChI is InChI=1S/C17H21N5O3S/c18-14-13(19-15(23)12-4-2-1-3-5-12)16(24)21-17(20-14)26-11-8-22-6-9-25-10-7-22/h1-5H,6-11H2,(H,19,23)(H3,18,20,21,24)/p+1. The Morgan fingerprint density at radius 3 is 2.73 bits per heavy atom. The molecule has 0 bridgehead atoms. The molecule has 0 aliphatic carbocycles. The fourth-order valence-electron chi connectivity index (χ4n) is 2.64. The van der Waals surface area contributed by atoms with E-state index in [0.29, 0.717) is 10.7 Å². The fourth-order valence-corrected chi connectivity index (χ4v) is 3.55. The van der Waals surface area contributed by atoms with Gasteiger partial charge in [0.1, 0.15) is 18.8 Å². The molecule has 26 heavy (non-hydrogen) atoms. The van der Waals surface area contributed by atoms with Crippen LogP contribution in [0.25, 0.3) is 0 Å². The average Bonchev–Trinajstić information content (AvgIpc) is 2.66. The van der Waals surface area contributed by atoms with E-state index < -0.39 is 11.5 Å². The van der Waals surface area contributed by atoms with Crippen molar-refractivity contribution in [3.05, 3.63) is 46.2 Å². The number of nitrogens with zero attached hydrogens (tertiary/aromatic N) is 1. The Kier molecular flexibility index (Phi) is 6.26. The number of hydrogen-bond donors (Lipinski definition) is 4. The first kappa shape index (κ1) is 18.4. The third kappa shape index (κ3) is 4.84. The number of nitrogen functional groups attached to an aromatic ring is 1. The summed E-state index contributed by atoms with van der Waals surface area (Å²) < 4.78 is 5.33. The zero-order valence-electron chi connectivity index (χ0n) is 14.3. The highest BCUT2D eigenvalue weighted by molar-refractivity contribution is 7.99. The molecule has 5 N–H and O–H groups in total. The summed E-state index contributed by atoms with van der Waals surface area (Å²) in [5.74, 6) is 0.424. The minimum absolute atomic E-state index is 0.0132. The number of rotatable bonds is 6. The van der Waals surface area contributed by atoms with Gasteiger partial charge in [-0.2, -0.15) is 0 Å². The highest BCUT2D eigenvalue weighted by Gasteiger charge is 2.16. The number of quaternary nitrogens is 1. The summed E-state index contributed by atoms with van der Waals surface area (Å²) in [6, 6.07) is 8.62. The number of carbonyl (C=O) groups excluding carboxylic acids is 1. The number of nitrogens with one attached hydrogen (secondary N) is 3. The van der Waals surface area contributed by atoms with Gasteiger partial charge in [-0.25, -0.2) is 4.98 Å². The van der Waals surface area contributed by atoms with Gasteiger partial charge in [0.2, 0.25) is 0 Å². The third-order valence-corrected chi connectivity index (χ3v) is 4.97. The Morgan fingerprint density at radius 2 is 2.04 bits per heavy atom. The highest BCUT2D eigenvalue weighted by Crippen LogP contribution is 2.16. The van der Waals surface area contributed by atoms with Crippen LogP contribution in [0.5, 0.6) is 0 Å². The topological polar surface area (TPSA) is 115 Å². The lowest BCUT2D eigenvalue weighted by atomic mass is 10.2. The Morgan fingerprint density at radius 1 is 1.31 bits per heavy atom. The van der Waals surface area contributed by atoms with Crippen molar-refractivity contribution in [3.63, 3.8) is 0 Å². The maximum atomic E-state index is 12.3. The SMILES string of the molecule is Nc1nc(SCC[NH+]2CCOCC2)[nH]c(=O)c1NC(=O)c1ccccc1. The molecule has 0 spiro atoms. The molecule has 0 saturated carbocycles. The lowest BCUT2D eigenvalue weighted by molar-refractivity contribution is -0.905. The number of anilines is 2. The predicted octanol–water partition coefficient (Wildman–Crippen LogP) is -0.388. The van der Waals surface area contributed by atoms with Crippen LogP contribution in [-0.4, -0.2) is 54.5 Å². The van der Waals surface area contributed by atoms with Gasteiger partial charge < -0.3 is 20.7 Å². The van der Waals surface area contributed by atoms with Crippen LogP contribution in [0.2, 0.25) is 0 Å². The second kappa shape index (κ2) is 8.84. The van der Waals surface area contributed by atoms with Crippen LogP contribution in [-0.2, 0) is 4.74 Å². The third-order valence-electron chi connectivity index (χ3n) is 4.09. The number of ether oxygens (including phenoxy) is 1. The summed E-state index contributed by atoms with van der Waals surface area (Å²) in [6.07, 6.45) is 0. The molecule has 9 heteroatoms. The first-order valence-corrected chi connectivity index (χ1v) is 9.42. The van der Waals surface area contributed by atoms with E-state index in [4.69, 9.17) is 10.5 Å². The first-order chi connectivity index (χ1) is 12.6. The van der Waals surface area contributed by atoms with Crippen LogP contribution >= 0.6 is 11.8 Å². The van der Waals surface area contributed by atoms with Gasteiger partial charge in [0.05, 0.1) is 25.5 Å². The Labute approximate surface area is 155 Å². The van der Waals surface area contributed by atoms with Crippen molar-refractivity contribution in [2.45, 2.75) is 5.16 Å². The van der Waals surface area contributed by atoms with Crippen molar-refractivity contribution >= 4 is 29.2 Å². The van der Waals surface area contributed by atoms with Crippen LogP contribution in [0.3, 0.4) is 0 Å². The van der Waals surface area contributed by atoms with E-state index in [-0.39, 0.29) is 11.5 Å². The summed E-state index contributed by atoms with van der Waals surface area (Å²) in [4.78, 5) is 32.8. The largest absolute Gasteiger partial charge is 0.382 e. The number of morpholine rings is 1. The number of aromatic nitrogens is 2. The van der Waals surface area contributed by atoms with Gasteiger partial charge >= 0.3 is 0 Å². The minimum Gasteiger partial charge on any atom is -0.382 e. The molecule has 8 nitrogen and oxygen atoms in total. The lowest BCUT2D eigenvalue weighted by Gasteiger charge is -2.23. The minimum atomic E-state index is -0.456. The molecule has 0 radical (unpaired) electrons. The van der Waals surface area contributed by atoms with Gasteiger partial charge in [-0.1, -0.05) is 30.0 Å². The molecule has 0 unspecified atom stereocenters. The van der Waals surface area contributed by atoms with Crippen LogP contribution in [0.1, 0.15) is 10.4 Å². The molecule has 1 fully saturated rings. The van der Waals surface area contributed by atoms with Crippen molar-refractivity contribution in [1.82, 2.24) is 9.97 Å². The molecule has 3 rings (SSSR count). The van der Waals surface area contributed by atoms with Gasteiger partial charge in [-0.15, -0.1) is 0 Å². The van der Waals surface area contributed by atoms with Crippen LogP contribution < -0.4 is 21.5 Å². The lowest BCUT2D eigenvalue weighted by Crippen LogP contribution is -3.14. The van der Waals surface area contributed by atoms with Gasteiger partial charge in [-0.3, -0.25) is 14.6 Å². The smallest absolute Gasteiger partial charge is 0.277 e. The molecule has 1 aliphatic heterocycles. The van der Waals surface area contributed by atoms with Crippen LogP contribution in [0.4, 0.5) is 11.5 Å². The summed E-state index contributed by atoms with van der Waals surface area (Å²) in [6.45, 7) is 4.54.